The van der Waals surface area contributed by atoms with Crippen LogP contribution in [0, 0.1) is 17.8 Å². The van der Waals surface area contributed by atoms with Crippen molar-refractivity contribution >= 4 is 5.97 Å². The van der Waals surface area contributed by atoms with Gasteiger partial charge in [0.25, 0.3) is 0 Å². The van der Waals surface area contributed by atoms with Gasteiger partial charge in [-0.05, 0) is 62.7 Å². The van der Waals surface area contributed by atoms with Crippen molar-refractivity contribution in [1.82, 2.24) is 0 Å². The van der Waals surface area contributed by atoms with E-state index < -0.39 is 0 Å². The molecule has 2 fully saturated rings. The summed E-state index contributed by atoms with van der Waals surface area (Å²) in [6.07, 6.45) is 16.5. The first kappa shape index (κ1) is 17.8. The summed E-state index contributed by atoms with van der Waals surface area (Å²) in [6.45, 7) is 4.34. The number of hydrogen-bond acceptors (Lipinski definition) is 2. The predicted octanol–water partition coefficient (Wildman–Crippen LogP) is 5.89. The Hall–Kier alpha value is -0.530. The second-order valence-electron chi connectivity index (χ2n) is 7.71. The van der Waals surface area contributed by atoms with E-state index in [1.807, 2.05) is 6.92 Å². The highest BCUT2D eigenvalue weighted by Gasteiger charge is 2.32. The molecule has 128 valence electrons. The molecule has 0 N–H and O–H groups in total. The van der Waals surface area contributed by atoms with Gasteiger partial charge < -0.3 is 4.74 Å². The number of hydrogen-bond donors (Lipinski definition) is 0. The largest absolute Gasteiger partial charge is 0.462 e. The molecule has 0 aliphatic heterocycles. The van der Waals surface area contributed by atoms with Crippen LogP contribution in [0.3, 0.4) is 0 Å². The van der Waals surface area contributed by atoms with Gasteiger partial charge in [-0.3, -0.25) is 4.79 Å². The molecule has 0 bridgehead atoms. The van der Waals surface area contributed by atoms with E-state index in [0.717, 1.165) is 37.0 Å². The molecule has 2 atom stereocenters. The summed E-state index contributed by atoms with van der Waals surface area (Å²) in [7, 11) is 0. The minimum absolute atomic E-state index is 0.0245. The van der Waals surface area contributed by atoms with Crippen molar-refractivity contribution in [2.75, 3.05) is 0 Å². The molecule has 22 heavy (non-hydrogen) atoms. The van der Waals surface area contributed by atoms with Crippen molar-refractivity contribution in [3.8, 4) is 0 Å². The van der Waals surface area contributed by atoms with Gasteiger partial charge in [-0.1, -0.05) is 46.0 Å². The summed E-state index contributed by atoms with van der Waals surface area (Å²) in [5.74, 6) is 2.75. The Balaban J connectivity index is 1.72. The molecule has 0 amide bonds. The van der Waals surface area contributed by atoms with Crippen LogP contribution >= 0.6 is 0 Å². The van der Waals surface area contributed by atoms with E-state index in [1.165, 1.54) is 57.8 Å². The average Bonchev–Trinajstić information content (AvgIpc) is 2.54. The maximum atomic E-state index is 11.7. The Morgan fingerprint density at radius 2 is 1.73 bits per heavy atom. The molecule has 0 aromatic heterocycles. The minimum Gasteiger partial charge on any atom is -0.462 e. The number of carbonyl (C=O) groups excluding carboxylic acids is 1. The SMILES string of the molecule is CCCC[C@H]1CC[C@@H]([C@@H]2CCC[C@@H](OC(=O)CCC)C2)CC1. The van der Waals surface area contributed by atoms with E-state index in [9.17, 15) is 4.79 Å². The third-order valence-corrected chi connectivity index (χ3v) is 5.94. The molecule has 0 aromatic carbocycles. The number of unbranched alkanes of at least 4 members (excludes halogenated alkanes) is 1. The van der Waals surface area contributed by atoms with E-state index in [4.69, 9.17) is 4.74 Å². The van der Waals surface area contributed by atoms with E-state index in [-0.39, 0.29) is 12.1 Å². The number of ether oxygens (including phenoxy) is 1. The van der Waals surface area contributed by atoms with Gasteiger partial charge in [-0.15, -0.1) is 0 Å². The smallest absolute Gasteiger partial charge is 0.306 e. The van der Waals surface area contributed by atoms with Crippen LogP contribution in [0.1, 0.15) is 97.3 Å². The lowest BCUT2D eigenvalue weighted by atomic mass is 9.70. The lowest BCUT2D eigenvalue weighted by molar-refractivity contribution is -0.151. The van der Waals surface area contributed by atoms with Crippen molar-refractivity contribution in [3.63, 3.8) is 0 Å². The van der Waals surface area contributed by atoms with Crippen LogP contribution in [0.15, 0.2) is 0 Å². The zero-order valence-electron chi connectivity index (χ0n) is 14.8. The molecule has 0 unspecified atom stereocenters. The van der Waals surface area contributed by atoms with Gasteiger partial charge >= 0.3 is 5.97 Å². The Bertz CT molecular complexity index is 318. The van der Waals surface area contributed by atoms with Crippen molar-refractivity contribution in [3.05, 3.63) is 0 Å². The van der Waals surface area contributed by atoms with Crippen LogP contribution in [0.4, 0.5) is 0 Å². The molecule has 2 aliphatic rings. The van der Waals surface area contributed by atoms with Crippen molar-refractivity contribution in [2.45, 2.75) is 103 Å². The first-order valence-corrected chi connectivity index (χ1v) is 9.92. The molecular weight excluding hydrogens is 272 g/mol. The number of carbonyl (C=O) groups is 1. The Morgan fingerprint density at radius 3 is 2.41 bits per heavy atom. The van der Waals surface area contributed by atoms with Crippen LogP contribution < -0.4 is 0 Å². The summed E-state index contributed by atoms with van der Waals surface area (Å²) < 4.78 is 5.69. The molecular formula is C20H36O2. The molecule has 2 nitrogen and oxygen atoms in total. The fourth-order valence-corrected chi connectivity index (χ4v) is 4.61. The molecule has 0 spiro atoms. The van der Waals surface area contributed by atoms with Gasteiger partial charge in [0.05, 0.1) is 0 Å². The quantitative estimate of drug-likeness (QED) is 0.548. The monoisotopic (exact) mass is 308 g/mol. The normalized spacial score (nSPS) is 32.6. The first-order chi connectivity index (χ1) is 10.7. The van der Waals surface area contributed by atoms with Crippen LogP contribution in [0.5, 0.6) is 0 Å². The molecule has 2 aliphatic carbocycles. The first-order valence-electron chi connectivity index (χ1n) is 9.92. The fraction of sp³-hybridized carbons (Fsp3) is 0.950. The van der Waals surface area contributed by atoms with Gasteiger partial charge in [0.15, 0.2) is 0 Å². The summed E-state index contributed by atoms with van der Waals surface area (Å²) in [5.41, 5.74) is 0. The van der Waals surface area contributed by atoms with Crippen LogP contribution in [-0.2, 0) is 9.53 Å². The number of esters is 1. The Labute approximate surface area is 137 Å². The van der Waals surface area contributed by atoms with Crippen LogP contribution in [0.2, 0.25) is 0 Å². The van der Waals surface area contributed by atoms with Crippen molar-refractivity contribution in [2.24, 2.45) is 17.8 Å². The molecule has 2 rings (SSSR count). The number of rotatable bonds is 7. The second kappa shape index (κ2) is 9.57. The van der Waals surface area contributed by atoms with E-state index in [2.05, 4.69) is 6.92 Å². The van der Waals surface area contributed by atoms with Crippen molar-refractivity contribution in [1.29, 1.82) is 0 Å². The molecule has 2 heteroatoms. The van der Waals surface area contributed by atoms with Crippen LogP contribution in [0.25, 0.3) is 0 Å². The van der Waals surface area contributed by atoms with Gasteiger partial charge in [0.2, 0.25) is 0 Å². The van der Waals surface area contributed by atoms with E-state index >= 15 is 0 Å². The molecule has 0 radical (unpaired) electrons. The van der Waals surface area contributed by atoms with Gasteiger partial charge in [0, 0.05) is 6.42 Å². The molecule has 0 saturated heterocycles. The van der Waals surface area contributed by atoms with Crippen LogP contribution in [-0.4, -0.2) is 12.1 Å². The standard InChI is InChI=1S/C20H36O2/c1-3-5-8-16-11-13-17(14-12-16)18-9-6-10-19(15-18)22-20(21)7-4-2/h16-19H,3-15H2,1-2H3/t16-,17+,18-,19-/m1/s1. The highest BCUT2D eigenvalue weighted by molar-refractivity contribution is 5.69. The lowest BCUT2D eigenvalue weighted by Crippen LogP contribution is -2.31. The Morgan fingerprint density at radius 1 is 0.955 bits per heavy atom. The predicted molar refractivity (Wildman–Crippen MR) is 91.7 cm³/mol. The van der Waals surface area contributed by atoms with E-state index in [0.29, 0.717) is 6.42 Å². The van der Waals surface area contributed by atoms with E-state index in [1.54, 1.807) is 0 Å². The summed E-state index contributed by atoms with van der Waals surface area (Å²) in [6, 6.07) is 0. The maximum Gasteiger partial charge on any atom is 0.306 e. The molecule has 0 aromatic rings. The summed E-state index contributed by atoms with van der Waals surface area (Å²) >= 11 is 0. The van der Waals surface area contributed by atoms with Gasteiger partial charge in [0.1, 0.15) is 6.10 Å². The third kappa shape index (κ3) is 5.59. The fourth-order valence-electron chi connectivity index (χ4n) is 4.61. The maximum absolute atomic E-state index is 11.7. The highest BCUT2D eigenvalue weighted by Crippen LogP contribution is 2.41. The zero-order valence-corrected chi connectivity index (χ0v) is 14.8. The average molecular weight is 309 g/mol. The van der Waals surface area contributed by atoms with Gasteiger partial charge in [-0.2, -0.15) is 0 Å². The third-order valence-electron chi connectivity index (χ3n) is 5.94. The summed E-state index contributed by atoms with van der Waals surface area (Å²) in [5, 5.41) is 0. The van der Waals surface area contributed by atoms with Gasteiger partial charge in [-0.25, -0.2) is 0 Å². The molecule has 2 saturated carbocycles. The topological polar surface area (TPSA) is 26.3 Å². The Kier molecular flexibility index (Phi) is 7.75. The molecule has 0 heterocycles. The lowest BCUT2D eigenvalue weighted by Gasteiger charge is -2.38. The zero-order chi connectivity index (χ0) is 15.8. The highest BCUT2D eigenvalue weighted by atomic mass is 16.5. The van der Waals surface area contributed by atoms with Crippen molar-refractivity contribution < 1.29 is 9.53 Å². The second-order valence-corrected chi connectivity index (χ2v) is 7.71. The summed E-state index contributed by atoms with van der Waals surface area (Å²) in [4.78, 5) is 11.7. The minimum atomic E-state index is 0.0245.